The molecule has 0 saturated carbocycles. The van der Waals surface area contributed by atoms with Crippen LogP contribution in [0, 0.1) is 5.95 Å². The molecule has 0 aliphatic rings. The lowest BCUT2D eigenvalue weighted by molar-refractivity contribution is 0.582. The van der Waals surface area contributed by atoms with Gasteiger partial charge >= 0.3 is 0 Å². The van der Waals surface area contributed by atoms with Crippen molar-refractivity contribution in [3.05, 3.63) is 60.4 Å². The molecule has 0 aliphatic carbocycles. The van der Waals surface area contributed by atoms with Gasteiger partial charge in [0.25, 0.3) is 0 Å². The normalized spacial score (nSPS) is 10.7. The van der Waals surface area contributed by atoms with Crippen molar-refractivity contribution in [3.8, 4) is 0 Å². The van der Waals surface area contributed by atoms with E-state index in [1.54, 1.807) is 18.6 Å². The molecule has 0 unspecified atom stereocenters. The van der Waals surface area contributed by atoms with E-state index in [0.29, 0.717) is 6.54 Å². The molecule has 1 N–H and O–H groups in total. The second kappa shape index (κ2) is 5.61. The van der Waals surface area contributed by atoms with Gasteiger partial charge in [0.05, 0.1) is 5.52 Å². The fourth-order valence-corrected chi connectivity index (χ4v) is 2.03. The van der Waals surface area contributed by atoms with Crippen molar-refractivity contribution >= 4 is 16.7 Å². The number of halogens is 1. The van der Waals surface area contributed by atoms with Gasteiger partial charge in [-0.2, -0.15) is 4.39 Å². The van der Waals surface area contributed by atoms with Crippen LogP contribution in [0.2, 0.25) is 0 Å². The van der Waals surface area contributed by atoms with Gasteiger partial charge in [0, 0.05) is 18.1 Å². The zero-order valence-electron chi connectivity index (χ0n) is 10.8. The molecular weight excluding hydrogens is 255 g/mol. The summed E-state index contributed by atoms with van der Waals surface area (Å²) in [6, 6.07) is 10.9. The minimum Gasteiger partial charge on any atom is -0.369 e. The Hall–Kier alpha value is -2.56. The standard InChI is InChI=1S/C15H13FN4/c16-14-6-5-11(9-18-14)7-8-17-15-12-3-1-2-4-13(12)19-10-20-15/h1-6,9-10H,7-8H2,(H,17,19,20). The maximum Gasteiger partial charge on any atom is 0.212 e. The predicted molar refractivity (Wildman–Crippen MR) is 75.9 cm³/mol. The first-order chi connectivity index (χ1) is 9.83. The van der Waals surface area contributed by atoms with E-state index in [1.807, 2.05) is 24.3 Å². The molecule has 100 valence electrons. The quantitative estimate of drug-likeness (QED) is 0.739. The number of rotatable bonds is 4. The molecule has 0 aliphatic heterocycles. The van der Waals surface area contributed by atoms with Crippen LogP contribution in [0.15, 0.2) is 48.9 Å². The van der Waals surface area contributed by atoms with Gasteiger partial charge in [0.2, 0.25) is 5.95 Å². The summed E-state index contributed by atoms with van der Waals surface area (Å²) in [5.41, 5.74) is 1.89. The molecule has 0 amide bonds. The van der Waals surface area contributed by atoms with Gasteiger partial charge in [-0.1, -0.05) is 18.2 Å². The fourth-order valence-electron chi connectivity index (χ4n) is 2.03. The number of nitrogens with zero attached hydrogens (tertiary/aromatic N) is 3. The Morgan fingerprint density at radius 1 is 1.00 bits per heavy atom. The molecule has 0 bridgehead atoms. The number of aromatic nitrogens is 3. The number of fused-ring (bicyclic) bond motifs is 1. The van der Waals surface area contributed by atoms with Crippen LogP contribution in [-0.2, 0) is 6.42 Å². The number of hydrogen-bond donors (Lipinski definition) is 1. The zero-order valence-corrected chi connectivity index (χ0v) is 10.8. The van der Waals surface area contributed by atoms with E-state index in [-0.39, 0.29) is 0 Å². The van der Waals surface area contributed by atoms with Crippen LogP contribution >= 0.6 is 0 Å². The zero-order chi connectivity index (χ0) is 13.8. The van der Waals surface area contributed by atoms with E-state index < -0.39 is 5.95 Å². The molecule has 20 heavy (non-hydrogen) atoms. The van der Waals surface area contributed by atoms with Crippen molar-refractivity contribution in [2.75, 3.05) is 11.9 Å². The summed E-state index contributed by atoms with van der Waals surface area (Å²) < 4.78 is 12.7. The Bertz CT molecular complexity index is 707. The third kappa shape index (κ3) is 2.71. The van der Waals surface area contributed by atoms with Crippen molar-refractivity contribution in [1.82, 2.24) is 15.0 Å². The maximum atomic E-state index is 12.7. The summed E-state index contributed by atoms with van der Waals surface area (Å²) in [4.78, 5) is 12.1. The first-order valence-corrected chi connectivity index (χ1v) is 6.37. The molecule has 2 aromatic heterocycles. The van der Waals surface area contributed by atoms with Gasteiger partial charge in [-0.05, 0) is 30.2 Å². The van der Waals surface area contributed by atoms with Crippen LogP contribution in [0.5, 0.6) is 0 Å². The summed E-state index contributed by atoms with van der Waals surface area (Å²) >= 11 is 0. The summed E-state index contributed by atoms with van der Waals surface area (Å²) in [6.07, 6.45) is 3.85. The highest BCUT2D eigenvalue weighted by molar-refractivity contribution is 5.88. The average Bonchev–Trinajstić information content (AvgIpc) is 2.49. The Labute approximate surface area is 115 Å². The number of pyridine rings is 1. The van der Waals surface area contributed by atoms with E-state index in [1.165, 1.54) is 6.07 Å². The highest BCUT2D eigenvalue weighted by Crippen LogP contribution is 2.18. The van der Waals surface area contributed by atoms with Crippen LogP contribution in [0.1, 0.15) is 5.56 Å². The Balaban J connectivity index is 1.69. The van der Waals surface area contributed by atoms with Crippen LogP contribution in [-0.4, -0.2) is 21.5 Å². The summed E-state index contributed by atoms with van der Waals surface area (Å²) in [5.74, 6) is 0.356. The first kappa shape index (κ1) is 12.5. The van der Waals surface area contributed by atoms with Crippen molar-refractivity contribution in [3.63, 3.8) is 0 Å². The van der Waals surface area contributed by atoms with Crippen molar-refractivity contribution in [2.24, 2.45) is 0 Å². The van der Waals surface area contributed by atoms with E-state index in [2.05, 4.69) is 20.3 Å². The summed E-state index contributed by atoms with van der Waals surface area (Å²) in [6.45, 7) is 0.703. The third-order valence-corrected chi connectivity index (χ3v) is 3.04. The lowest BCUT2D eigenvalue weighted by Crippen LogP contribution is -2.07. The van der Waals surface area contributed by atoms with Crippen molar-refractivity contribution in [1.29, 1.82) is 0 Å². The molecule has 1 aromatic carbocycles. The van der Waals surface area contributed by atoms with Crippen LogP contribution in [0.3, 0.4) is 0 Å². The van der Waals surface area contributed by atoms with E-state index in [0.717, 1.165) is 28.7 Å². The van der Waals surface area contributed by atoms with Crippen molar-refractivity contribution < 1.29 is 4.39 Å². The van der Waals surface area contributed by atoms with E-state index >= 15 is 0 Å². The molecule has 0 radical (unpaired) electrons. The first-order valence-electron chi connectivity index (χ1n) is 6.37. The number of nitrogens with one attached hydrogen (secondary N) is 1. The second-order valence-electron chi connectivity index (χ2n) is 4.41. The number of benzene rings is 1. The molecule has 0 fully saturated rings. The molecular formula is C15H13FN4. The van der Waals surface area contributed by atoms with Gasteiger partial charge in [-0.25, -0.2) is 15.0 Å². The monoisotopic (exact) mass is 268 g/mol. The van der Waals surface area contributed by atoms with Gasteiger partial charge in [0.15, 0.2) is 0 Å². The van der Waals surface area contributed by atoms with E-state index in [4.69, 9.17) is 0 Å². The summed E-state index contributed by atoms with van der Waals surface area (Å²) in [7, 11) is 0. The molecule has 3 rings (SSSR count). The van der Waals surface area contributed by atoms with Gasteiger partial charge < -0.3 is 5.32 Å². The van der Waals surface area contributed by atoms with Gasteiger partial charge in [0.1, 0.15) is 12.1 Å². The summed E-state index contributed by atoms with van der Waals surface area (Å²) in [5, 5.41) is 4.27. The number of para-hydroxylation sites is 1. The second-order valence-corrected chi connectivity index (χ2v) is 4.41. The molecule has 4 nitrogen and oxygen atoms in total. The fraction of sp³-hybridized carbons (Fsp3) is 0.133. The Morgan fingerprint density at radius 3 is 2.75 bits per heavy atom. The topological polar surface area (TPSA) is 50.7 Å². The van der Waals surface area contributed by atoms with Gasteiger partial charge in [-0.15, -0.1) is 0 Å². The van der Waals surface area contributed by atoms with Crippen LogP contribution in [0.4, 0.5) is 10.2 Å². The lowest BCUT2D eigenvalue weighted by Gasteiger charge is -2.08. The largest absolute Gasteiger partial charge is 0.369 e. The predicted octanol–water partition coefficient (Wildman–Crippen LogP) is 2.82. The van der Waals surface area contributed by atoms with Crippen LogP contribution in [0.25, 0.3) is 10.9 Å². The third-order valence-electron chi connectivity index (χ3n) is 3.04. The highest BCUT2D eigenvalue weighted by atomic mass is 19.1. The molecule has 0 spiro atoms. The van der Waals surface area contributed by atoms with E-state index in [9.17, 15) is 4.39 Å². The SMILES string of the molecule is Fc1ccc(CCNc2ncnc3ccccc23)cn1. The average molecular weight is 268 g/mol. The highest BCUT2D eigenvalue weighted by Gasteiger charge is 2.02. The van der Waals surface area contributed by atoms with Crippen LogP contribution < -0.4 is 5.32 Å². The molecule has 0 saturated heterocycles. The van der Waals surface area contributed by atoms with Crippen molar-refractivity contribution in [2.45, 2.75) is 6.42 Å². The smallest absolute Gasteiger partial charge is 0.212 e. The maximum absolute atomic E-state index is 12.7. The lowest BCUT2D eigenvalue weighted by atomic mass is 10.2. The minimum absolute atomic E-state index is 0.455. The Morgan fingerprint density at radius 2 is 1.90 bits per heavy atom. The Kier molecular flexibility index (Phi) is 3.50. The molecule has 0 atom stereocenters. The molecule has 3 aromatic rings. The van der Waals surface area contributed by atoms with Gasteiger partial charge in [-0.3, -0.25) is 0 Å². The number of anilines is 1. The molecule has 5 heteroatoms. The minimum atomic E-state index is -0.455. The number of hydrogen-bond acceptors (Lipinski definition) is 4. The molecule has 2 heterocycles.